The van der Waals surface area contributed by atoms with Crippen LogP contribution in [0.3, 0.4) is 0 Å². The van der Waals surface area contributed by atoms with Crippen LogP contribution in [0.4, 0.5) is 0 Å². The van der Waals surface area contributed by atoms with Gasteiger partial charge in [-0.3, -0.25) is 4.90 Å². The molecule has 17 heavy (non-hydrogen) atoms. The van der Waals surface area contributed by atoms with Gasteiger partial charge in [-0.15, -0.1) is 0 Å². The summed E-state index contributed by atoms with van der Waals surface area (Å²) in [4.78, 5) is 2.48. The molecule has 3 aliphatic heterocycles. The predicted molar refractivity (Wildman–Crippen MR) is 67.7 cm³/mol. The Bertz CT molecular complexity index is 418. The molecule has 4 nitrogen and oxygen atoms in total. The van der Waals surface area contributed by atoms with Crippen molar-refractivity contribution in [2.75, 3.05) is 31.1 Å². The minimum Gasteiger partial charge on any atom is -0.316 e. The molecule has 3 rings (SSSR count). The van der Waals surface area contributed by atoms with Crippen LogP contribution < -0.4 is 5.32 Å². The smallest absolute Gasteiger partial charge is 0.151 e. The van der Waals surface area contributed by atoms with E-state index in [1.165, 1.54) is 0 Å². The average molecular weight is 258 g/mol. The molecule has 0 aliphatic carbocycles. The molecule has 3 atom stereocenters. The topological polar surface area (TPSA) is 49.4 Å². The van der Waals surface area contributed by atoms with Crippen molar-refractivity contribution < 1.29 is 8.42 Å². The zero-order valence-electron chi connectivity index (χ0n) is 10.6. The van der Waals surface area contributed by atoms with Crippen molar-refractivity contribution in [2.24, 2.45) is 11.8 Å². The highest BCUT2D eigenvalue weighted by molar-refractivity contribution is 7.91. The molecule has 3 fully saturated rings. The van der Waals surface area contributed by atoms with Gasteiger partial charge >= 0.3 is 0 Å². The number of hydrogen-bond donors (Lipinski definition) is 1. The summed E-state index contributed by atoms with van der Waals surface area (Å²) in [6.45, 7) is 7.84. The summed E-state index contributed by atoms with van der Waals surface area (Å²) in [5.74, 6) is 2.17. The Morgan fingerprint density at radius 2 is 2.06 bits per heavy atom. The second-order valence-corrected chi connectivity index (χ2v) is 8.62. The zero-order chi connectivity index (χ0) is 12.3. The van der Waals surface area contributed by atoms with Crippen LogP contribution >= 0.6 is 0 Å². The first-order chi connectivity index (χ1) is 7.90. The van der Waals surface area contributed by atoms with Crippen LogP contribution in [0.25, 0.3) is 0 Å². The first-order valence-corrected chi connectivity index (χ1v) is 8.40. The van der Waals surface area contributed by atoms with Crippen molar-refractivity contribution in [3.05, 3.63) is 0 Å². The minimum atomic E-state index is -2.76. The maximum atomic E-state index is 11.6. The van der Waals surface area contributed by atoms with Gasteiger partial charge < -0.3 is 5.32 Å². The third kappa shape index (κ3) is 1.83. The summed E-state index contributed by atoms with van der Waals surface area (Å²) < 4.78 is 23.2. The van der Waals surface area contributed by atoms with E-state index in [9.17, 15) is 8.42 Å². The Morgan fingerprint density at radius 3 is 2.65 bits per heavy atom. The van der Waals surface area contributed by atoms with Gasteiger partial charge in [-0.25, -0.2) is 8.42 Å². The van der Waals surface area contributed by atoms with Gasteiger partial charge in [0.1, 0.15) is 0 Å². The van der Waals surface area contributed by atoms with Gasteiger partial charge in [0.05, 0.1) is 11.5 Å². The lowest BCUT2D eigenvalue weighted by Crippen LogP contribution is -2.50. The molecule has 98 valence electrons. The molecule has 3 heterocycles. The van der Waals surface area contributed by atoms with Gasteiger partial charge in [0.2, 0.25) is 0 Å². The molecule has 0 aromatic rings. The molecular weight excluding hydrogens is 236 g/mol. The van der Waals surface area contributed by atoms with Crippen LogP contribution in [0.1, 0.15) is 20.3 Å². The lowest BCUT2D eigenvalue weighted by atomic mass is 9.84. The molecule has 0 saturated carbocycles. The largest absolute Gasteiger partial charge is 0.316 e. The summed E-state index contributed by atoms with van der Waals surface area (Å²) in [6.07, 6.45) is 0.832. The Hall–Kier alpha value is -0.130. The fraction of sp³-hybridized carbons (Fsp3) is 1.00. The van der Waals surface area contributed by atoms with Crippen LogP contribution in [-0.2, 0) is 9.84 Å². The number of nitrogens with zero attached hydrogens (tertiary/aromatic N) is 1. The molecule has 0 aromatic carbocycles. The summed E-state index contributed by atoms with van der Waals surface area (Å²) >= 11 is 0. The fourth-order valence-corrected chi connectivity index (χ4v) is 5.82. The maximum Gasteiger partial charge on any atom is 0.151 e. The molecule has 0 bridgehead atoms. The summed E-state index contributed by atoms with van der Waals surface area (Å²) in [5.41, 5.74) is 0.151. The number of sulfone groups is 1. The molecule has 3 saturated heterocycles. The van der Waals surface area contributed by atoms with E-state index in [4.69, 9.17) is 0 Å². The molecule has 0 radical (unpaired) electrons. The van der Waals surface area contributed by atoms with Crippen LogP contribution in [0.2, 0.25) is 0 Å². The van der Waals surface area contributed by atoms with Gasteiger partial charge in [0.15, 0.2) is 9.84 Å². The fourth-order valence-electron chi connectivity index (χ4n) is 4.09. The van der Waals surface area contributed by atoms with Crippen molar-refractivity contribution in [1.82, 2.24) is 10.2 Å². The van der Waals surface area contributed by atoms with E-state index in [2.05, 4.69) is 24.1 Å². The molecule has 0 aromatic heterocycles. The quantitative estimate of drug-likeness (QED) is 0.725. The van der Waals surface area contributed by atoms with Crippen LogP contribution in [0.15, 0.2) is 0 Å². The Kier molecular flexibility index (Phi) is 2.58. The lowest BCUT2D eigenvalue weighted by molar-refractivity contribution is 0.100. The number of hydrogen-bond acceptors (Lipinski definition) is 4. The predicted octanol–water partition coefficient (Wildman–Crippen LogP) is 0.103. The minimum absolute atomic E-state index is 0.151. The zero-order valence-corrected chi connectivity index (χ0v) is 11.5. The highest BCUT2D eigenvalue weighted by atomic mass is 32.2. The normalized spacial score (nSPS) is 44.0. The van der Waals surface area contributed by atoms with Crippen molar-refractivity contribution in [3.63, 3.8) is 0 Å². The lowest BCUT2D eigenvalue weighted by Gasteiger charge is -2.39. The van der Waals surface area contributed by atoms with Crippen LogP contribution in [0, 0.1) is 11.8 Å². The molecular formula is C12H22N2O2S. The average Bonchev–Trinajstić information content (AvgIpc) is 2.84. The maximum absolute atomic E-state index is 11.6. The third-order valence-corrected chi connectivity index (χ3v) is 6.82. The summed E-state index contributed by atoms with van der Waals surface area (Å²) in [5, 5.41) is 3.46. The van der Waals surface area contributed by atoms with Crippen molar-refractivity contribution in [2.45, 2.75) is 31.8 Å². The first-order valence-electron chi connectivity index (χ1n) is 6.58. The van der Waals surface area contributed by atoms with Gasteiger partial charge in [0.25, 0.3) is 0 Å². The highest BCUT2D eigenvalue weighted by Crippen LogP contribution is 2.43. The van der Waals surface area contributed by atoms with Crippen molar-refractivity contribution in [3.8, 4) is 0 Å². The Labute approximate surface area is 104 Å². The van der Waals surface area contributed by atoms with Gasteiger partial charge in [-0.1, -0.05) is 0 Å². The summed E-state index contributed by atoms with van der Waals surface area (Å²) in [6, 6.07) is 0.264. The molecule has 5 heteroatoms. The van der Waals surface area contributed by atoms with Gasteiger partial charge in [0, 0.05) is 24.7 Å². The van der Waals surface area contributed by atoms with Crippen LogP contribution in [0.5, 0.6) is 0 Å². The number of rotatable bonds is 1. The van der Waals surface area contributed by atoms with E-state index in [1.807, 2.05) is 0 Å². The van der Waals surface area contributed by atoms with Crippen LogP contribution in [-0.4, -0.2) is 56.0 Å². The van der Waals surface area contributed by atoms with E-state index < -0.39 is 9.84 Å². The number of fused-ring (bicyclic) bond motifs is 1. The van der Waals surface area contributed by atoms with Crippen molar-refractivity contribution in [1.29, 1.82) is 0 Å². The molecule has 0 amide bonds. The first kappa shape index (κ1) is 11.9. The highest BCUT2D eigenvalue weighted by Gasteiger charge is 2.52. The third-order valence-electron chi connectivity index (χ3n) is 5.07. The molecule has 3 aliphatic rings. The van der Waals surface area contributed by atoms with E-state index >= 15 is 0 Å². The molecule has 3 unspecified atom stereocenters. The standard InChI is InChI=1S/C12H22N2O2S/c1-12(2)11-6-13-5-9(11)7-14(12)10-3-4-17(15,16)8-10/h9-11,13H,3-8H2,1-2H3. The van der Waals surface area contributed by atoms with Gasteiger partial charge in [-0.2, -0.15) is 0 Å². The molecule has 0 spiro atoms. The second kappa shape index (κ2) is 3.68. The molecule has 1 N–H and O–H groups in total. The van der Waals surface area contributed by atoms with E-state index in [1.54, 1.807) is 0 Å². The SMILES string of the molecule is CC1(C)C2CNCC2CN1C1CCS(=O)(=O)C1. The van der Waals surface area contributed by atoms with E-state index in [-0.39, 0.29) is 11.6 Å². The monoisotopic (exact) mass is 258 g/mol. The Morgan fingerprint density at radius 1 is 1.29 bits per heavy atom. The second-order valence-electron chi connectivity index (χ2n) is 6.39. The van der Waals surface area contributed by atoms with Crippen molar-refractivity contribution >= 4 is 9.84 Å². The summed E-state index contributed by atoms with van der Waals surface area (Å²) in [7, 11) is -2.76. The Balaban J connectivity index is 1.81. The number of nitrogens with one attached hydrogen (secondary N) is 1. The van der Waals surface area contributed by atoms with E-state index in [0.717, 1.165) is 26.1 Å². The van der Waals surface area contributed by atoms with E-state index in [0.29, 0.717) is 23.3 Å². The van der Waals surface area contributed by atoms with Gasteiger partial charge in [-0.05, 0) is 38.6 Å². The number of likely N-dealkylation sites (tertiary alicyclic amines) is 1.